The molecule has 0 radical (unpaired) electrons. The topological polar surface area (TPSA) is 85.5 Å². The third-order valence-corrected chi connectivity index (χ3v) is 3.54. The molecule has 2 atom stereocenters. The van der Waals surface area contributed by atoms with Crippen molar-refractivity contribution >= 4 is 5.97 Å². The van der Waals surface area contributed by atoms with E-state index in [2.05, 4.69) is 10.1 Å². The average Bonchev–Trinajstić information content (AvgIpc) is 3.03. The fourth-order valence-electron chi connectivity index (χ4n) is 2.54. The van der Waals surface area contributed by atoms with Crippen LogP contribution in [0.3, 0.4) is 0 Å². The predicted octanol–water partition coefficient (Wildman–Crippen LogP) is 2.25. The van der Waals surface area contributed by atoms with Gasteiger partial charge in [0.25, 0.3) is 0 Å². The number of nitrogens with zero attached hydrogens (tertiary/aromatic N) is 2. The first-order chi connectivity index (χ1) is 10.1. The van der Waals surface area contributed by atoms with Gasteiger partial charge in [-0.15, -0.1) is 0 Å². The number of fused-ring (bicyclic) bond motifs is 1. The molecule has 6 nitrogen and oxygen atoms in total. The van der Waals surface area contributed by atoms with Gasteiger partial charge in [-0.1, -0.05) is 30.3 Å². The Bertz CT molecular complexity index is 653. The Kier molecular flexibility index (Phi) is 3.60. The number of aromatic nitrogens is 2. The molecule has 6 heteroatoms. The van der Waals surface area contributed by atoms with E-state index in [-0.39, 0.29) is 18.3 Å². The van der Waals surface area contributed by atoms with Crippen LogP contribution in [0.5, 0.6) is 5.75 Å². The number of carboxylic acids is 1. The molecule has 2 aromatic rings. The fraction of sp³-hybridized carbons (Fsp3) is 0.400. The molecule has 0 fully saturated rings. The van der Waals surface area contributed by atoms with Crippen molar-refractivity contribution < 1.29 is 19.2 Å². The van der Waals surface area contributed by atoms with Crippen LogP contribution in [0.4, 0.5) is 0 Å². The number of hydrogen-bond acceptors (Lipinski definition) is 5. The molecule has 110 valence electrons. The highest BCUT2D eigenvalue weighted by molar-refractivity contribution is 5.66. The van der Waals surface area contributed by atoms with Crippen LogP contribution < -0.4 is 4.74 Å². The fourth-order valence-corrected chi connectivity index (χ4v) is 2.54. The van der Waals surface area contributed by atoms with Crippen LogP contribution in [-0.4, -0.2) is 27.8 Å². The Morgan fingerprint density at radius 3 is 3.10 bits per heavy atom. The summed E-state index contributed by atoms with van der Waals surface area (Å²) in [4.78, 5) is 15.1. The third-order valence-electron chi connectivity index (χ3n) is 3.54. The highest BCUT2D eigenvalue weighted by Crippen LogP contribution is 2.36. The second-order valence-electron chi connectivity index (χ2n) is 5.35. The maximum absolute atomic E-state index is 10.7. The van der Waals surface area contributed by atoms with Crippen LogP contribution >= 0.6 is 0 Å². The standard InChI is InChI=1S/C15H16N2O4/c1-9(7-14(18)19)6-13-16-15(17-21-13)11-8-20-12-5-3-2-4-10(11)12/h2-5,9,11H,6-8H2,1H3,(H,18,19). The number of para-hydroxylation sites is 1. The molecule has 21 heavy (non-hydrogen) atoms. The smallest absolute Gasteiger partial charge is 0.303 e. The van der Waals surface area contributed by atoms with E-state index < -0.39 is 5.97 Å². The third kappa shape index (κ3) is 2.89. The summed E-state index contributed by atoms with van der Waals surface area (Å²) in [6.45, 7) is 2.36. The summed E-state index contributed by atoms with van der Waals surface area (Å²) in [5.74, 6) is 1.05. The van der Waals surface area contributed by atoms with Crippen molar-refractivity contribution in [1.82, 2.24) is 10.1 Å². The number of aliphatic carboxylic acids is 1. The van der Waals surface area contributed by atoms with Crippen LogP contribution in [0.25, 0.3) is 0 Å². The zero-order valence-corrected chi connectivity index (χ0v) is 11.7. The summed E-state index contributed by atoms with van der Waals surface area (Å²) in [6, 6.07) is 7.80. The highest BCUT2D eigenvalue weighted by atomic mass is 16.5. The quantitative estimate of drug-likeness (QED) is 0.908. The second kappa shape index (κ2) is 5.55. The zero-order chi connectivity index (χ0) is 14.8. The lowest BCUT2D eigenvalue weighted by Crippen LogP contribution is -2.08. The van der Waals surface area contributed by atoms with E-state index >= 15 is 0 Å². The molecule has 1 aliphatic rings. The molecule has 0 bridgehead atoms. The first-order valence-electron chi connectivity index (χ1n) is 6.89. The molecule has 2 unspecified atom stereocenters. The van der Waals surface area contributed by atoms with Gasteiger partial charge in [0.1, 0.15) is 12.4 Å². The van der Waals surface area contributed by atoms with E-state index in [4.69, 9.17) is 14.4 Å². The first kappa shape index (κ1) is 13.6. The molecule has 0 saturated carbocycles. The number of carbonyl (C=O) groups is 1. The van der Waals surface area contributed by atoms with Crippen LogP contribution in [-0.2, 0) is 11.2 Å². The molecular weight excluding hydrogens is 272 g/mol. The lowest BCUT2D eigenvalue weighted by atomic mass is 10.0. The summed E-state index contributed by atoms with van der Waals surface area (Å²) in [7, 11) is 0. The van der Waals surface area contributed by atoms with Crippen molar-refractivity contribution in [2.75, 3.05) is 6.61 Å². The molecule has 1 N–H and O–H groups in total. The van der Waals surface area contributed by atoms with Gasteiger partial charge in [-0.3, -0.25) is 4.79 Å². The summed E-state index contributed by atoms with van der Waals surface area (Å²) < 4.78 is 10.8. The van der Waals surface area contributed by atoms with E-state index in [1.54, 1.807) is 0 Å². The summed E-state index contributed by atoms with van der Waals surface area (Å²) >= 11 is 0. The van der Waals surface area contributed by atoms with Gasteiger partial charge in [0.15, 0.2) is 5.82 Å². The van der Waals surface area contributed by atoms with Gasteiger partial charge in [0.2, 0.25) is 5.89 Å². The van der Waals surface area contributed by atoms with Crippen LogP contribution in [0.1, 0.15) is 36.5 Å². The number of carboxylic acid groups (broad SMARTS) is 1. The molecule has 1 aromatic carbocycles. The Labute approximate surface area is 121 Å². The van der Waals surface area contributed by atoms with Gasteiger partial charge < -0.3 is 14.4 Å². The number of ether oxygens (including phenoxy) is 1. The molecule has 1 aliphatic heterocycles. The second-order valence-corrected chi connectivity index (χ2v) is 5.35. The first-order valence-corrected chi connectivity index (χ1v) is 6.89. The van der Waals surface area contributed by atoms with E-state index in [9.17, 15) is 4.79 Å². The van der Waals surface area contributed by atoms with Gasteiger partial charge in [-0.05, 0) is 12.0 Å². The van der Waals surface area contributed by atoms with E-state index in [1.165, 1.54) is 0 Å². The van der Waals surface area contributed by atoms with Crippen molar-refractivity contribution in [3.05, 3.63) is 41.5 Å². The molecule has 0 amide bonds. The lowest BCUT2D eigenvalue weighted by Gasteiger charge is -2.03. The molecular formula is C15H16N2O4. The van der Waals surface area contributed by atoms with Crippen molar-refractivity contribution in [3.8, 4) is 5.75 Å². The highest BCUT2D eigenvalue weighted by Gasteiger charge is 2.29. The SMILES string of the molecule is CC(CC(=O)O)Cc1nc(C2COc3ccccc32)no1. The van der Waals surface area contributed by atoms with Gasteiger partial charge in [0, 0.05) is 18.4 Å². The summed E-state index contributed by atoms with van der Waals surface area (Å²) in [5.41, 5.74) is 1.06. The van der Waals surface area contributed by atoms with Gasteiger partial charge in [-0.2, -0.15) is 4.98 Å². The van der Waals surface area contributed by atoms with E-state index in [0.29, 0.717) is 24.7 Å². The Morgan fingerprint density at radius 1 is 1.48 bits per heavy atom. The zero-order valence-electron chi connectivity index (χ0n) is 11.7. The minimum absolute atomic E-state index is 0.0199. The predicted molar refractivity (Wildman–Crippen MR) is 73.2 cm³/mol. The minimum atomic E-state index is -0.819. The molecule has 3 rings (SSSR count). The molecule has 0 saturated heterocycles. The number of hydrogen-bond donors (Lipinski definition) is 1. The van der Waals surface area contributed by atoms with Crippen molar-refractivity contribution in [1.29, 1.82) is 0 Å². The van der Waals surface area contributed by atoms with E-state index in [1.807, 2.05) is 31.2 Å². The Morgan fingerprint density at radius 2 is 2.29 bits per heavy atom. The Balaban J connectivity index is 1.73. The van der Waals surface area contributed by atoms with Crippen molar-refractivity contribution in [3.63, 3.8) is 0 Å². The van der Waals surface area contributed by atoms with Crippen LogP contribution in [0.15, 0.2) is 28.8 Å². The van der Waals surface area contributed by atoms with Gasteiger partial charge in [0.05, 0.1) is 5.92 Å². The van der Waals surface area contributed by atoms with Gasteiger partial charge >= 0.3 is 5.97 Å². The molecule has 0 aliphatic carbocycles. The molecule has 2 heterocycles. The molecule has 0 spiro atoms. The van der Waals surface area contributed by atoms with Crippen molar-refractivity contribution in [2.24, 2.45) is 5.92 Å². The van der Waals surface area contributed by atoms with Crippen LogP contribution in [0, 0.1) is 5.92 Å². The normalized spacial score (nSPS) is 18.0. The van der Waals surface area contributed by atoms with Crippen molar-refractivity contribution in [2.45, 2.75) is 25.7 Å². The Hall–Kier alpha value is -2.37. The van der Waals surface area contributed by atoms with Crippen LogP contribution in [0.2, 0.25) is 0 Å². The largest absolute Gasteiger partial charge is 0.492 e. The maximum atomic E-state index is 10.7. The van der Waals surface area contributed by atoms with E-state index in [0.717, 1.165) is 11.3 Å². The average molecular weight is 288 g/mol. The number of rotatable bonds is 5. The summed E-state index contributed by atoms with van der Waals surface area (Å²) in [5, 5.41) is 12.8. The maximum Gasteiger partial charge on any atom is 0.303 e. The monoisotopic (exact) mass is 288 g/mol. The minimum Gasteiger partial charge on any atom is -0.492 e. The van der Waals surface area contributed by atoms with Gasteiger partial charge in [-0.25, -0.2) is 0 Å². The number of benzene rings is 1. The summed E-state index contributed by atoms with van der Waals surface area (Å²) in [6.07, 6.45) is 0.557. The molecule has 1 aromatic heterocycles. The lowest BCUT2D eigenvalue weighted by molar-refractivity contribution is -0.137.